The molecule has 0 aromatic carbocycles. The van der Waals surface area contributed by atoms with Crippen molar-refractivity contribution in [3.63, 3.8) is 0 Å². The largest absolute Gasteiger partial charge is 0.342 e. The molecule has 1 aliphatic heterocycles. The first kappa shape index (κ1) is 15.6. The number of hydrogen-bond donors (Lipinski definition) is 1. The van der Waals surface area contributed by atoms with Crippen LogP contribution in [-0.4, -0.2) is 34.3 Å². The Kier molecular flexibility index (Phi) is 4.62. The van der Waals surface area contributed by atoms with Gasteiger partial charge in [0.1, 0.15) is 12.1 Å². The van der Waals surface area contributed by atoms with Crippen LogP contribution in [0.4, 0.5) is 0 Å². The maximum absolute atomic E-state index is 12.6. The molecule has 4 heteroatoms. The SMILES string of the molecule is C#CC(C)(C)N1C(=O)C(CC(C)C)NC(=O)C1CC. The Morgan fingerprint density at radius 3 is 2.42 bits per heavy atom. The highest BCUT2D eigenvalue weighted by atomic mass is 16.2. The molecule has 4 nitrogen and oxygen atoms in total. The second kappa shape index (κ2) is 5.64. The van der Waals surface area contributed by atoms with Gasteiger partial charge >= 0.3 is 0 Å². The molecular weight excluding hydrogens is 240 g/mol. The van der Waals surface area contributed by atoms with Crippen LogP contribution in [0.5, 0.6) is 0 Å². The molecule has 1 N–H and O–H groups in total. The summed E-state index contributed by atoms with van der Waals surface area (Å²) < 4.78 is 0. The maximum atomic E-state index is 12.6. The number of hydrogen-bond acceptors (Lipinski definition) is 2. The molecule has 2 unspecified atom stereocenters. The maximum Gasteiger partial charge on any atom is 0.247 e. The minimum Gasteiger partial charge on any atom is -0.342 e. The van der Waals surface area contributed by atoms with Gasteiger partial charge in [0, 0.05) is 0 Å². The molecular formula is C15H24N2O2. The van der Waals surface area contributed by atoms with Crippen molar-refractivity contribution in [2.75, 3.05) is 0 Å². The van der Waals surface area contributed by atoms with Crippen molar-refractivity contribution in [3.05, 3.63) is 0 Å². The summed E-state index contributed by atoms with van der Waals surface area (Å²) >= 11 is 0. The number of terminal acetylenes is 1. The molecule has 0 spiro atoms. The summed E-state index contributed by atoms with van der Waals surface area (Å²) in [6.45, 7) is 9.56. The first-order valence-electron chi connectivity index (χ1n) is 6.85. The van der Waals surface area contributed by atoms with Gasteiger partial charge in [-0.15, -0.1) is 6.42 Å². The molecule has 1 aliphatic rings. The van der Waals surface area contributed by atoms with Gasteiger partial charge in [0.15, 0.2) is 0 Å². The van der Waals surface area contributed by atoms with Gasteiger partial charge in [-0.1, -0.05) is 26.7 Å². The predicted octanol–water partition coefficient (Wildman–Crippen LogP) is 1.55. The summed E-state index contributed by atoms with van der Waals surface area (Å²) in [5.74, 6) is 2.79. The molecule has 2 amide bonds. The topological polar surface area (TPSA) is 49.4 Å². The Labute approximate surface area is 115 Å². The number of piperazine rings is 1. The quantitative estimate of drug-likeness (QED) is 0.783. The lowest BCUT2D eigenvalue weighted by Gasteiger charge is -2.45. The van der Waals surface area contributed by atoms with Crippen molar-refractivity contribution in [1.29, 1.82) is 0 Å². The highest BCUT2D eigenvalue weighted by molar-refractivity contribution is 5.97. The van der Waals surface area contributed by atoms with Gasteiger partial charge in [0.05, 0.1) is 5.54 Å². The van der Waals surface area contributed by atoms with Crippen molar-refractivity contribution in [2.45, 2.75) is 65.1 Å². The molecule has 0 aliphatic carbocycles. The van der Waals surface area contributed by atoms with Gasteiger partial charge in [-0.3, -0.25) is 9.59 Å². The third-order valence-electron chi connectivity index (χ3n) is 3.52. The third kappa shape index (κ3) is 3.09. The molecule has 0 bridgehead atoms. The first-order chi connectivity index (χ1) is 8.74. The van der Waals surface area contributed by atoms with Crippen LogP contribution in [0.1, 0.15) is 47.5 Å². The van der Waals surface area contributed by atoms with Gasteiger partial charge in [-0.05, 0) is 32.6 Å². The standard InChI is InChI=1S/C15H24N2O2/c1-7-12-13(18)16-11(9-10(3)4)14(19)17(12)15(5,6)8-2/h2,10-12H,7,9H2,1,3-6H3,(H,16,18). The number of carbonyl (C=O) groups excluding carboxylic acids is 2. The van der Waals surface area contributed by atoms with Gasteiger partial charge in [-0.2, -0.15) is 0 Å². The van der Waals surface area contributed by atoms with Crippen molar-refractivity contribution in [3.8, 4) is 12.3 Å². The normalized spacial score (nSPS) is 24.4. The molecule has 0 saturated carbocycles. The number of amides is 2. The van der Waals surface area contributed by atoms with Crippen LogP contribution in [0.3, 0.4) is 0 Å². The van der Waals surface area contributed by atoms with E-state index >= 15 is 0 Å². The average molecular weight is 264 g/mol. The zero-order valence-corrected chi connectivity index (χ0v) is 12.5. The summed E-state index contributed by atoms with van der Waals surface area (Å²) in [5, 5.41) is 2.83. The van der Waals surface area contributed by atoms with E-state index in [0.29, 0.717) is 18.8 Å². The van der Waals surface area contributed by atoms with E-state index in [1.165, 1.54) is 0 Å². The lowest BCUT2D eigenvalue weighted by atomic mass is 9.92. The zero-order valence-electron chi connectivity index (χ0n) is 12.5. The van der Waals surface area contributed by atoms with E-state index in [2.05, 4.69) is 11.2 Å². The van der Waals surface area contributed by atoms with E-state index in [9.17, 15) is 9.59 Å². The minimum absolute atomic E-state index is 0.0666. The molecule has 2 atom stereocenters. The Morgan fingerprint density at radius 1 is 1.42 bits per heavy atom. The molecule has 106 valence electrons. The number of nitrogens with one attached hydrogen (secondary N) is 1. The molecule has 0 aromatic rings. The Bertz CT molecular complexity index is 407. The second-order valence-electron chi connectivity index (χ2n) is 6.03. The number of carbonyl (C=O) groups is 2. The molecule has 19 heavy (non-hydrogen) atoms. The number of rotatable bonds is 4. The van der Waals surface area contributed by atoms with Crippen LogP contribution >= 0.6 is 0 Å². The Balaban J connectivity index is 3.10. The van der Waals surface area contributed by atoms with E-state index in [0.717, 1.165) is 0 Å². The summed E-state index contributed by atoms with van der Waals surface area (Å²) in [5.41, 5.74) is -0.745. The predicted molar refractivity (Wildman–Crippen MR) is 75.2 cm³/mol. The smallest absolute Gasteiger partial charge is 0.247 e. The first-order valence-corrected chi connectivity index (χ1v) is 6.85. The fourth-order valence-electron chi connectivity index (χ4n) is 2.50. The van der Waals surface area contributed by atoms with Crippen LogP contribution in [0, 0.1) is 18.3 Å². The molecule has 1 fully saturated rings. The number of nitrogens with zero attached hydrogens (tertiary/aromatic N) is 1. The minimum atomic E-state index is -0.745. The second-order valence-corrected chi connectivity index (χ2v) is 6.03. The van der Waals surface area contributed by atoms with Crippen LogP contribution in [-0.2, 0) is 9.59 Å². The highest BCUT2D eigenvalue weighted by Gasteiger charge is 2.45. The van der Waals surface area contributed by atoms with Crippen molar-refractivity contribution >= 4 is 11.8 Å². The van der Waals surface area contributed by atoms with Gasteiger partial charge < -0.3 is 10.2 Å². The highest BCUT2D eigenvalue weighted by Crippen LogP contribution is 2.25. The van der Waals surface area contributed by atoms with Crippen molar-refractivity contribution < 1.29 is 9.59 Å². The van der Waals surface area contributed by atoms with Crippen LogP contribution in [0.2, 0.25) is 0 Å². The molecule has 0 radical (unpaired) electrons. The fraction of sp³-hybridized carbons (Fsp3) is 0.733. The monoisotopic (exact) mass is 264 g/mol. The van der Waals surface area contributed by atoms with Crippen LogP contribution in [0.25, 0.3) is 0 Å². The average Bonchev–Trinajstić information content (AvgIpc) is 2.32. The van der Waals surface area contributed by atoms with E-state index in [4.69, 9.17) is 6.42 Å². The Morgan fingerprint density at radius 2 is 2.00 bits per heavy atom. The lowest BCUT2D eigenvalue weighted by Crippen LogP contribution is -2.68. The van der Waals surface area contributed by atoms with Crippen LogP contribution in [0.15, 0.2) is 0 Å². The summed E-state index contributed by atoms with van der Waals surface area (Å²) in [6, 6.07) is -0.926. The van der Waals surface area contributed by atoms with Crippen LogP contribution < -0.4 is 5.32 Å². The summed E-state index contributed by atoms with van der Waals surface area (Å²) in [7, 11) is 0. The van der Waals surface area contributed by atoms with Crippen molar-refractivity contribution in [2.24, 2.45) is 5.92 Å². The summed E-state index contributed by atoms with van der Waals surface area (Å²) in [4.78, 5) is 26.3. The van der Waals surface area contributed by atoms with Gasteiger partial charge in [0.2, 0.25) is 11.8 Å². The molecule has 0 aromatic heterocycles. The van der Waals surface area contributed by atoms with E-state index in [-0.39, 0.29) is 11.8 Å². The third-order valence-corrected chi connectivity index (χ3v) is 3.52. The summed E-state index contributed by atoms with van der Waals surface area (Å²) in [6.07, 6.45) is 6.74. The van der Waals surface area contributed by atoms with E-state index < -0.39 is 17.6 Å². The van der Waals surface area contributed by atoms with E-state index in [1.54, 1.807) is 18.7 Å². The molecule has 1 rings (SSSR count). The zero-order chi connectivity index (χ0) is 14.8. The fourth-order valence-corrected chi connectivity index (χ4v) is 2.50. The Hall–Kier alpha value is -1.50. The lowest BCUT2D eigenvalue weighted by molar-refractivity contribution is -0.154. The van der Waals surface area contributed by atoms with E-state index in [1.807, 2.05) is 20.8 Å². The molecule has 1 heterocycles. The molecule has 1 saturated heterocycles. The van der Waals surface area contributed by atoms with Gasteiger partial charge in [-0.25, -0.2) is 0 Å². The van der Waals surface area contributed by atoms with Gasteiger partial charge in [0.25, 0.3) is 0 Å². The van der Waals surface area contributed by atoms with Crippen molar-refractivity contribution in [1.82, 2.24) is 10.2 Å².